The summed E-state index contributed by atoms with van der Waals surface area (Å²) in [5, 5.41) is 9.03. The third-order valence-corrected chi connectivity index (χ3v) is 7.72. The highest BCUT2D eigenvalue weighted by molar-refractivity contribution is 7.07. The lowest BCUT2D eigenvalue weighted by Crippen LogP contribution is -2.40. The minimum absolute atomic E-state index is 0.0106. The Morgan fingerprint density at radius 2 is 1.67 bits per heavy atom. The van der Waals surface area contributed by atoms with Crippen molar-refractivity contribution in [2.45, 2.75) is 19.9 Å². The lowest BCUT2D eigenvalue weighted by Gasteiger charge is -2.26. The summed E-state index contributed by atoms with van der Waals surface area (Å²) >= 11 is 13.7. The van der Waals surface area contributed by atoms with Gasteiger partial charge in [0.2, 0.25) is 5.75 Å². The van der Waals surface area contributed by atoms with Crippen LogP contribution in [0.3, 0.4) is 0 Å². The Morgan fingerprint density at radius 1 is 1.05 bits per heavy atom. The number of carbonyl (C=O) groups is 2. The van der Waals surface area contributed by atoms with E-state index in [0.717, 1.165) is 11.3 Å². The maximum Gasteiger partial charge on any atom is 0.341 e. The van der Waals surface area contributed by atoms with Crippen LogP contribution in [-0.4, -0.2) is 56.2 Å². The summed E-state index contributed by atoms with van der Waals surface area (Å²) in [7, 11) is 4.41. The van der Waals surface area contributed by atoms with E-state index >= 15 is 0 Å². The van der Waals surface area contributed by atoms with Gasteiger partial charge in [0.05, 0.1) is 59.8 Å². The Labute approximate surface area is 253 Å². The lowest BCUT2D eigenvalue weighted by atomic mass is 9.95. The number of allylic oxidation sites excluding steroid dienone is 1. The number of fused-ring (bicyclic) bond motifs is 1. The van der Waals surface area contributed by atoms with Crippen LogP contribution in [0.4, 0.5) is 0 Å². The average Bonchev–Trinajstić information content (AvgIpc) is 3.24. The van der Waals surface area contributed by atoms with Crippen LogP contribution in [0.2, 0.25) is 10.0 Å². The number of hydrogen-bond acceptors (Lipinski definition) is 10. The molecule has 1 N–H and O–H groups in total. The number of carboxylic acids is 1. The standard InChI is InChI=1S/C28H26Cl2N2O9S/c1-6-40-27(36)22-13(2)31-28-32(23(22)15-10-18(37-3)25(39-5)19(11-15)38-4)26(35)20(42-28)9-14-7-16(29)24(17(30)8-14)41-12-21(33)34/h7-11,23H,6,12H2,1-5H3,(H,33,34)/b20-9-/t23-/m1/s1. The molecule has 0 unspecified atom stereocenters. The summed E-state index contributed by atoms with van der Waals surface area (Å²) < 4.78 is 28.7. The molecule has 0 amide bonds. The van der Waals surface area contributed by atoms with Crippen LogP contribution in [0.15, 0.2) is 45.3 Å². The molecule has 3 aromatic rings. The number of hydrogen-bond donors (Lipinski definition) is 1. The summed E-state index contributed by atoms with van der Waals surface area (Å²) in [6.07, 6.45) is 1.57. The van der Waals surface area contributed by atoms with Gasteiger partial charge < -0.3 is 28.8 Å². The number of methoxy groups -OCH3 is 3. The summed E-state index contributed by atoms with van der Waals surface area (Å²) in [6, 6.07) is 5.38. The maximum atomic E-state index is 13.9. The molecule has 1 aliphatic heterocycles. The molecular formula is C28H26Cl2N2O9S. The third kappa shape index (κ3) is 5.96. The van der Waals surface area contributed by atoms with Gasteiger partial charge in [-0.05, 0) is 55.3 Å². The van der Waals surface area contributed by atoms with Crippen molar-refractivity contribution in [3.05, 3.63) is 76.4 Å². The molecule has 0 saturated carbocycles. The summed E-state index contributed by atoms with van der Waals surface area (Å²) in [4.78, 5) is 43.0. The molecule has 0 saturated heterocycles. The molecule has 14 heteroatoms. The van der Waals surface area contributed by atoms with E-state index in [1.54, 1.807) is 32.1 Å². The number of esters is 1. The predicted octanol–water partition coefficient (Wildman–Crippen LogP) is 3.59. The summed E-state index contributed by atoms with van der Waals surface area (Å²) in [5.41, 5.74) is 1.08. The second kappa shape index (κ2) is 12.9. The van der Waals surface area contributed by atoms with Crippen LogP contribution in [0.1, 0.15) is 31.0 Å². The summed E-state index contributed by atoms with van der Waals surface area (Å²) in [5.74, 6) is -0.785. The van der Waals surface area contributed by atoms with E-state index in [1.807, 2.05) is 0 Å². The van der Waals surface area contributed by atoms with Gasteiger partial charge in [-0.3, -0.25) is 9.36 Å². The molecule has 0 bridgehead atoms. The number of carbonyl (C=O) groups excluding carboxylic acids is 1. The highest BCUT2D eigenvalue weighted by Crippen LogP contribution is 2.42. The van der Waals surface area contributed by atoms with Crippen molar-refractivity contribution in [3.63, 3.8) is 0 Å². The molecule has 0 fully saturated rings. The molecular weight excluding hydrogens is 611 g/mol. The Kier molecular flexibility index (Phi) is 9.50. The number of aliphatic carboxylic acids is 1. The molecule has 1 atom stereocenters. The minimum Gasteiger partial charge on any atom is -0.493 e. The molecule has 0 spiro atoms. The Balaban J connectivity index is 1.94. The zero-order valence-corrected chi connectivity index (χ0v) is 25.5. The van der Waals surface area contributed by atoms with Crippen molar-refractivity contribution in [2.24, 2.45) is 4.99 Å². The van der Waals surface area contributed by atoms with Gasteiger partial charge in [-0.15, -0.1) is 0 Å². The highest BCUT2D eigenvalue weighted by Gasteiger charge is 2.34. The third-order valence-electron chi connectivity index (χ3n) is 6.18. The SMILES string of the molecule is CCOC(=O)C1=C(C)N=c2s/c(=C\c3cc(Cl)c(OCC(=O)O)c(Cl)c3)c(=O)n2[C@@H]1c1cc(OC)c(OC)c(OC)c1. The summed E-state index contributed by atoms with van der Waals surface area (Å²) in [6.45, 7) is 2.85. The number of benzene rings is 2. The zero-order chi connectivity index (χ0) is 30.7. The van der Waals surface area contributed by atoms with Crippen LogP contribution in [0, 0.1) is 0 Å². The number of thiazole rings is 1. The molecule has 1 aliphatic rings. The molecule has 2 aromatic carbocycles. The molecule has 0 radical (unpaired) electrons. The topological polar surface area (TPSA) is 135 Å². The van der Waals surface area contributed by atoms with Gasteiger partial charge in [0, 0.05) is 0 Å². The Morgan fingerprint density at radius 3 is 2.19 bits per heavy atom. The highest BCUT2D eigenvalue weighted by atomic mass is 35.5. The first-order valence-corrected chi connectivity index (χ1v) is 13.9. The van der Waals surface area contributed by atoms with Crippen LogP contribution in [0.25, 0.3) is 6.08 Å². The molecule has 11 nitrogen and oxygen atoms in total. The second-order valence-electron chi connectivity index (χ2n) is 8.76. The monoisotopic (exact) mass is 636 g/mol. The second-order valence-corrected chi connectivity index (χ2v) is 10.6. The number of nitrogens with zero attached hydrogens (tertiary/aromatic N) is 2. The normalized spacial score (nSPS) is 14.6. The first kappa shape index (κ1) is 30.9. The van der Waals surface area contributed by atoms with Gasteiger partial charge in [-0.25, -0.2) is 14.6 Å². The minimum atomic E-state index is -1.19. The van der Waals surface area contributed by atoms with Crippen LogP contribution in [0.5, 0.6) is 23.0 Å². The van der Waals surface area contributed by atoms with Crippen molar-refractivity contribution in [3.8, 4) is 23.0 Å². The first-order valence-electron chi connectivity index (χ1n) is 12.4. The fourth-order valence-corrected chi connectivity index (χ4v) is 6.11. The van der Waals surface area contributed by atoms with E-state index in [4.69, 9.17) is 52.0 Å². The number of carboxylic acid groups (broad SMARTS) is 1. The van der Waals surface area contributed by atoms with Crippen molar-refractivity contribution < 1.29 is 38.4 Å². The van der Waals surface area contributed by atoms with E-state index < -0.39 is 30.1 Å². The molecule has 4 rings (SSSR count). The Bertz CT molecular complexity index is 1730. The van der Waals surface area contributed by atoms with Gasteiger partial charge in [-0.2, -0.15) is 0 Å². The van der Waals surface area contributed by atoms with Gasteiger partial charge >= 0.3 is 11.9 Å². The smallest absolute Gasteiger partial charge is 0.341 e. The molecule has 1 aromatic heterocycles. The van der Waals surface area contributed by atoms with Crippen molar-refractivity contribution >= 4 is 52.6 Å². The van der Waals surface area contributed by atoms with Gasteiger partial charge in [0.1, 0.15) is 0 Å². The van der Waals surface area contributed by atoms with E-state index in [0.29, 0.717) is 38.9 Å². The number of aromatic nitrogens is 1. The van der Waals surface area contributed by atoms with Crippen LogP contribution < -0.4 is 33.8 Å². The number of halogens is 2. The maximum absolute atomic E-state index is 13.9. The quantitative estimate of drug-likeness (QED) is 0.331. The lowest BCUT2D eigenvalue weighted by molar-refractivity contribution is -0.140. The van der Waals surface area contributed by atoms with Crippen molar-refractivity contribution in [1.82, 2.24) is 4.57 Å². The Hall–Kier alpha value is -4.00. The van der Waals surface area contributed by atoms with Crippen molar-refractivity contribution in [1.29, 1.82) is 0 Å². The van der Waals surface area contributed by atoms with Gasteiger partial charge in [0.15, 0.2) is 28.7 Å². The van der Waals surface area contributed by atoms with E-state index in [1.165, 1.54) is 38.0 Å². The average molecular weight is 637 g/mol. The van der Waals surface area contributed by atoms with Crippen LogP contribution in [-0.2, 0) is 14.3 Å². The fraction of sp³-hybridized carbons (Fsp3) is 0.286. The molecule has 222 valence electrons. The molecule has 0 aliphatic carbocycles. The van der Waals surface area contributed by atoms with Gasteiger partial charge in [-0.1, -0.05) is 34.5 Å². The largest absolute Gasteiger partial charge is 0.493 e. The van der Waals surface area contributed by atoms with Crippen molar-refractivity contribution in [2.75, 3.05) is 34.5 Å². The van der Waals surface area contributed by atoms with E-state index in [9.17, 15) is 14.4 Å². The number of ether oxygens (including phenoxy) is 5. The predicted molar refractivity (Wildman–Crippen MR) is 156 cm³/mol. The first-order chi connectivity index (χ1) is 20.0. The zero-order valence-electron chi connectivity index (χ0n) is 23.2. The van der Waals surface area contributed by atoms with E-state index in [-0.39, 0.29) is 32.5 Å². The van der Waals surface area contributed by atoms with Gasteiger partial charge in [0.25, 0.3) is 5.56 Å². The van der Waals surface area contributed by atoms with E-state index in [2.05, 4.69) is 4.99 Å². The number of rotatable bonds is 10. The molecule has 42 heavy (non-hydrogen) atoms. The fourth-order valence-electron chi connectivity index (χ4n) is 4.45. The molecule has 2 heterocycles. The van der Waals surface area contributed by atoms with Crippen LogP contribution >= 0.6 is 34.5 Å².